The molecule has 2 aromatic heterocycles. The standard InChI is InChI=1S/C26H27F2N5O/c1-17(2)25-23(16-29-33(25)22-11-9-19(27)10-12-22)26(34)32(3)13-5-8-21-15-24(31-30-21)18-6-4-7-20(28)14-18/h4,6-7,9-12,14-17H,5,8,13H2,1-3H3,(H,30,31). The smallest absolute Gasteiger partial charge is 0.257 e. The molecule has 0 aliphatic rings. The van der Waals surface area contributed by atoms with Gasteiger partial charge in [-0.15, -0.1) is 0 Å². The summed E-state index contributed by atoms with van der Waals surface area (Å²) in [6.07, 6.45) is 3.01. The van der Waals surface area contributed by atoms with Gasteiger partial charge in [0.25, 0.3) is 5.91 Å². The summed E-state index contributed by atoms with van der Waals surface area (Å²) in [5.74, 6) is -0.683. The normalized spacial score (nSPS) is 11.2. The van der Waals surface area contributed by atoms with E-state index in [2.05, 4.69) is 15.3 Å². The summed E-state index contributed by atoms with van der Waals surface area (Å²) in [7, 11) is 1.77. The molecule has 0 saturated carbocycles. The molecule has 0 atom stereocenters. The lowest BCUT2D eigenvalue weighted by Crippen LogP contribution is -2.29. The quantitative estimate of drug-likeness (QED) is 0.382. The molecule has 4 aromatic rings. The van der Waals surface area contributed by atoms with Crippen molar-refractivity contribution in [3.63, 3.8) is 0 Å². The summed E-state index contributed by atoms with van der Waals surface area (Å²) < 4.78 is 28.5. The van der Waals surface area contributed by atoms with E-state index >= 15 is 0 Å². The summed E-state index contributed by atoms with van der Waals surface area (Å²) in [6.45, 7) is 4.55. The Hall–Kier alpha value is -3.81. The average Bonchev–Trinajstić information content (AvgIpc) is 3.47. The van der Waals surface area contributed by atoms with Crippen LogP contribution in [0.15, 0.2) is 60.8 Å². The van der Waals surface area contributed by atoms with Crippen LogP contribution in [0.2, 0.25) is 0 Å². The minimum absolute atomic E-state index is 0.0474. The van der Waals surface area contributed by atoms with E-state index in [1.165, 1.54) is 24.3 Å². The minimum atomic E-state index is -0.321. The maximum Gasteiger partial charge on any atom is 0.257 e. The van der Waals surface area contributed by atoms with E-state index in [0.29, 0.717) is 35.5 Å². The highest BCUT2D eigenvalue weighted by Crippen LogP contribution is 2.24. The Balaban J connectivity index is 1.41. The van der Waals surface area contributed by atoms with Crippen LogP contribution in [0.3, 0.4) is 0 Å². The lowest BCUT2D eigenvalue weighted by atomic mass is 10.0. The maximum atomic E-state index is 13.5. The zero-order valence-corrected chi connectivity index (χ0v) is 19.4. The van der Waals surface area contributed by atoms with Crippen LogP contribution in [0.4, 0.5) is 8.78 Å². The molecule has 8 heteroatoms. The molecule has 2 aromatic carbocycles. The number of hydrogen-bond acceptors (Lipinski definition) is 3. The molecular formula is C26H27F2N5O. The Morgan fingerprint density at radius 3 is 2.56 bits per heavy atom. The van der Waals surface area contributed by atoms with Gasteiger partial charge in [-0.1, -0.05) is 26.0 Å². The van der Waals surface area contributed by atoms with Gasteiger partial charge in [-0.3, -0.25) is 9.89 Å². The molecule has 0 aliphatic carbocycles. The van der Waals surface area contributed by atoms with Gasteiger partial charge in [0, 0.05) is 24.8 Å². The predicted molar refractivity (Wildman–Crippen MR) is 127 cm³/mol. The first-order chi connectivity index (χ1) is 16.3. The molecule has 0 saturated heterocycles. The number of nitrogens with one attached hydrogen (secondary N) is 1. The number of nitrogens with zero attached hydrogens (tertiary/aromatic N) is 4. The summed E-state index contributed by atoms with van der Waals surface area (Å²) in [5.41, 5.74) is 4.36. The van der Waals surface area contributed by atoms with Gasteiger partial charge in [0.05, 0.1) is 28.8 Å². The van der Waals surface area contributed by atoms with Crippen molar-refractivity contribution in [1.29, 1.82) is 0 Å². The molecular weight excluding hydrogens is 436 g/mol. The van der Waals surface area contributed by atoms with Crippen LogP contribution in [0, 0.1) is 11.6 Å². The molecule has 4 rings (SSSR count). The highest BCUT2D eigenvalue weighted by Gasteiger charge is 2.23. The first kappa shape index (κ1) is 23.4. The number of rotatable bonds is 8. The highest BCUT2D eigenvalue weighted by atomic mass is 19.1. The van der Waals surface area contributed by atoms with E-state index in [4.69, 9.17) is 0 Å². The van der Waals surface area contributed by atoms with Crippen molar-refractivity contribution >= 4 is 5.91 Å². The van der Waals surface area contributed by atoms with Crippen LogP contribution in [0.5, 0.6) is 0 Å². The molecule has 0 spiro atoms. The molecule has 0 aliphatic heterocycles. The number of aryl methyl sites for hydroxylation is 1. The Bertz CT molecular complexity index is 1280. The van der Waals surface area contributed by atoms with E-state index in [1.807, 2.05) is 26.0 Å². The fourth-order valence-electron chi connectivity index (χ4n) is 3.97. The second kappa shape index (κ2) is 9.99. The third-order valence-corrected chi connectivity index (χ3v) is 5.69. The van der Waals surface area contributed by atoms with Crippen molar-refractivity contribution in [1.82, 2.24) is 24.9 Å². The van der Waals surface area contributed by atoms with Crippen LogP contribution < -0.4 is 0 Å². The molecule has 0 radical (unpaired) electrons. The van der Waals surface area contributed by atoms with Crippen LogP contribution in [0.25, 0.3) is 16.9 Å². The van der Waals surface area contributed by atoms with Crippen LogP contribution in [0.1, 0.15) is 47.9 Å². The molecule has 0 fully saturated rings. The number of benzene rings is 2. The number of aromatic amines is 1. The fraction of sp³-hybridized carbons (Fsp3) is 0.269. The molecule has 6 nitrogen and oxygen atoms in total. The van der Waals surface area contributed by atoms with E-state index < -0.39 is 0 Å². The van der Waals surface area contributed by atoms with Gasteiger partial charge >= 0.3 is 0 Å². The van der Waals surface area contributed by atoms with Gasteiger partial charge in [0.15, 0.2) is 0 Å². The van der Waals surface area contributed by atoms with Crippen molar-refractivity contribution in [2.75, 3.05) is 13.6 Å². The third-order valence-electron chi connectivity index (χ3n) is 5.69. The molecule has 176 valence electrons. The SMILES string of the molecule is CC(C)c1c(C(=O)N(C)CCCc2cc(-c3cccc(F)c3)n[nH]2)cnn1-c1ccc(F)cc1. The van der Waals surface area contributed by atoms with Gasteiger partial charge in [-0.05, 0) is 61.2 Å². The summed E-state index contributed by atoms with van der Waals surface area (Å²) in [5, 5.41) is 11.7. The number of carbonyl (C=O) groups is 1. The molecule has 1 amide bonds. The average molecular weight is 464 g/mol. The number of aromatic nitrogens is 4. The van der Waals surface area contributed by atoms with E-state index in [0.717, 1.165) is 17.8 Å². The second-order valence-electron chi connectivity index (χ2n) is 8.61. The number of H-pyrrole nitrogens is 1. The number of halogens is 2. The molecule has 34 heavy (non-hydrogen) atoms. The third kappa shape index (κ3) is 5.06. The number of hydrogen-bond donors (Lipinski definition) is 1. The lowest BCUT2D eigenvalue weighted by molar-refractivity contribution is 0.0792. The van der Waals surface area contributed by atoms with Gasteiger partial charge in [0.2, 0.25) is 0 Å². The van der Waals surface area contributed by atoms with E-state index in [9.17, 15) is 13.6 Å². The minimum Gasteiger partial charge on any atom is -0.342 e. The zero-order valence-electron chi connectivity index (χ0n) is 19.4. The van der Waals surface area contributed by atoms with Crippen LogP contribution in [-0.4, -0.2) is 44.4 Å². The van der Waals surface area contributed by atoms with Gasteiger partial charge in [-0.25, -0.2) is 13.5 Å². The fourth-order valence-corrected chi connectivity index (χ4v) is 3.97. The number of amides is 1. The van der Waals surface area contributed by atoms with Gasteiger partial charge < -0.3 is 4.90 Å². The first-order valence-corrected chi connectivity index (χ1v) is 11.2. The largest absolute Gasteiger partial charge is 0.342 e. The maximum absolute atomic E-state index is 13.5. The highest BCUT2D eigenvalue weighted by molar-refractivity contribution is 5.95. The zero-order chi connectivity index (χ0) is 24.2. The molecule has 1 N–H and O–H groups in total. The number of carbonyl (C=O) groups excluding carboxylic acids is 1. The van der Waals surface area contributed by atoms with Crippen molar-refractivity contribution in [2.24, 2.45) is 0 Å². The molecule has 0 bridgehead atoms. The van der Waals surface area contributed by atoms with Crippen molar-refractivity contribution in [2.45, 2.75) is 32.6 Å². The summed E-state index contributed by atoms with van der Waals surface area (Å²) >= 11 is 0. The summed E-state index contributed by atoms with van der Waals surface area (Å²) in [4.78, 5) is 14.9. The predicted octanol–water partition coefficient (Wildman–Crippen LogP) is 5.37. The van der Waals surface area contributed by atoms with E-state index in [-0.39, 0.29) is 23.5 Å². The lowest BCUT2D eigenvalue weighted by Gasteiger charge is -2.19. The van der Waals surface area contributed by atoms with Gasteiger partial charge in [-0.2, -0.15) is 10.2 Å². The Morgan fingerprint density at radius 2 is 1.85 bits per heavy atom. The molecule has 0 unspecified atom stereocenters. The monoisotopic (exact) mass is 463 g/mol. The second-order valence-corrected chi connectivity index (χ2v) is 8.61. The van der Waals surface area contributed by atoms with Gasteiger partial charge in [0.1, 0.15) is 11.6 Å². The summed E-state index contributed by atoms with van der Waals surface area (Å²) in [6, 6.07) is 14.3. The van der Waals surface area contributed by atoms with Crippen molar-refractivity contribution in [3.8, 4) is 16.9 Å². The Morgan fingerprint density at radius 1 is 1.09 bits per heavy atom. The molecule has 2 heterocycles. The van der Waals surface area contributed by atoms with Crippen LogP contribution in [-0.2, 0) is 6.42 Å². The Labute approximate surface area is 197 Å². The van der Waals surface area contributed by atoms with Crippen LogP contribution >= 0.6 is 0 Å². The van der Waals surface area contributed by atoms with Crippen molar-refractivity contribution < 1.29 is 13.6 Å². The van der Waals surface area contributed by atoms with E-state index in [1.54, 1.807) is 41.0 Å². The topological polar surface area (TPSA) is 66.8 Å². The van der Waals surface area contributed by atoms with Crippen molar-refractivity contribution in [3.05, 3.63) is 89.4 Å². The Kier molecular flexibility index (Phi) is 6.86. The first-order valence-electron chi connectivity index (χ1n) is 11.2.